The van der Waals surface area contributed by atoms with Gasteiger partial charge in [-0.05, 0) is 23.6 Å². The Balaban J connectivity index is 1.61. The number of rotatable bonds is 6. The minimum atomic E-state index is 0.351. The lowest BCUT2D eigenvalue weighted by Gasteiger charge is -2.17. The van der Waals surface area contributed by atoms with Crippen molar-refractivity contribution >= 4 is 0 Å². The maximum absolute atomic E-state index is 5.55. The maximum Gasteiger partial charge on any atom is 0.227 e. The number of nitrogens with one attached hydrogen (secondary N) is 1. The van der Waals surface area contributed by atoms with Crippen LogP contribution in [0.5, 0.6) is 5.75 Å². The number of hydrogen-bond donors (Lipinski definition) is 1. The van der Waals surface area contributed by atoms with Crippen molar-refractivity contribution in [3.05, 3.63) is 41.5 Å². The summed E-state index contributed by atoms with van der Waals surface area (Å²) >= 11 is 0. The topological polar surface area (TPSA) is 60.2 Å². The summed E-state index contributed by atoms with van der Waals surface area (Å²) in [6, 6.07) is 6.85. The summed E-state index contributed by atoms with van der Waals surface area (Å²) in [5.74, 6) is 1.71. The average molecular weight is 273 g/mol. The number of ether oxygens (including phenoxy) is 1. The molecule has 0 bridgehead atoms. The van der Waals surface area contributed by atoms with E-state index in [0.29, 0.717) is 11.9 Å². The lowest BCUT2D eigenvalue weighted by molar-refractivity contribution is 0.356. The van der Waals surface area contributed by atoms with Crippen LogP contribution in [-0.4, -0.2) is 23.3 Å². The lowest BCUT2D eigenvalue weighted by Crippen LogP contribution is -2.23. The molecule has 0 radical (unpaired) electrons. The fraction of sp³-hybridized carbons (Fsp3) is 0.467. The molecule has 0 amide bonds. The Morgan fingerprint density at radius 1 is 1.40 bits per heavy atom. The molecule has 5 heteroatoms. The highest BCUT2D eigenvalue weighted by molar-refractivity contribution is 5.40. The first-order valence-electron chi connectivity index (χ1n) is 7.11. The predicted octanol–water partition coefficient (Wildman–Crippen LogP) is 2.29. The molecular weight excluding hydrogens is 254 g/mol. The van der Waals surface area contributed by atoms with Crippen molar-refractivity contribution in [3.8, 4) is 5.75 Å². The van der Waals surface area contributed by atoms with Crippen molar-refractivity contribution in [1.82, 2.24) is 15.5 Å². The summed E-state index contributed by atoms with van der Waals surface area (Å²) in [4.78, 5) is 4.02. The Morgan fingerprint density at radius 3 is 3.15 bits per heavy atom. The Labute approximate surface area is 118 Å². The van der Waals surface area contributed by atoms with E-state index in [1.54, 1.807) is 0 Å². The van der Waals surface area contributed by atoms with Gasteiger partial charge in [-0.3, -0.25) is 0 Å². The molecule has 1 aliphatic rings. The van der Waals surface area contributed by atoms with Crippen LogP contribution in [0.2, 0.25) is 0 Å². The smallest absolute Gasteiger partial charge is 0.227 e. The Kier molecular flexibility index (Phi) is 3.97. The lowest BCUT2D eigenvalue weighted by atomic mass is 10.0. The Hall–Kier alpha value is -1.88. The van der Waals surface area contributed by atoms with E-state index in [9.17, 15) is 0 Å². The molecule has 0 aliphatic carbocycles. The van der Waals surface area contributed by atoms with Crippen molar-refractivity contribution in [2.24, 2.45) is 0 Å². The second-order valence-electron chi connectivity index (χ2n) is 4.97. The third-order valence-electron chi connectivity index (χ3n) is 3.66. The van der Waals surface area contributed by atoms with Crippen LogP contribution in [0, 0.1) is 0 Å². The molecule has 1 aromatic carbocycles. The number of hydrogen-bond acceptors (Lipinski definition) is 5. The monoisotopic (exact) mass is 273 g/mol. The van der Waals surface area contributed by atoms with E-state index in [2.05, 4.69) is 40.6 Å². The molecule has 0 saturated heterocycles. The molecule has 20 heavy (non-hydrogen) atoms. The highest BCUT2D eigenvalue weighted by Gasteiger charge is 2.15. The number of benzene rings is 1. The van der Waals surface area contributed by atoms with E-state index in [1.165, 1.54) is 17.5 Å². The second kappa shape index (κ2) is 6.05. The first-order valence-corrected chi connectivity index (χ1v) is 7.11. The van der Waals surface area contributed by atoms with Crippen molar-refractivity contribution < 1.29 is 9.26 Å². The largest absolute Gasteiger partial charge is 0.493 e. The van der Waals surface area contributed by atoms with E-state index in [4.69, 9.17) is 9.26 Å². The van der Waals surface area contributed by atoms with Crippen LogP contribution in [-0.2, 0) is 12.8 Å². The molecule has 1 atom stereocenters. The molecule has 106 valence electrons. The van der Waals surface area contributed by atoms with Crippen LogP contribution in [0.4, 0.5) is 0 Å². The van der Waals surface area contributed by atoms with Gasteiger partial charge in [0.2, 0.25) is 5.89 Å². The van der Waals surface area contributed by atoms with Gasteiger partial charge in [0.1, 0.15) is 5.75 Å². The molecule has 1 unspecified atom stereocenters. The molecule has 1 aromatic heterocycles. The van der Waals surface area contributed by atoms with Crippen LogP contribution in [0.15, 0.2) is 29.0 Å². The summed E-state index contributed by atoms with van der Waals surface area (Å²) in [7, 11) is 0. The third-order valence-corrected chi connectivity index (χ3v) is 3.66. The van der Waals surface area contributed by atoms with Gasteiger partial charge in [0.05, 0.1) is 6.61 Å². The van der Waals surface area contributed by atoms with Crippen molar-refractivity contribution in [3.63, 3.8) is 0 Å². The van der Waals surface area contributed by atoms with Gasteiger partial charge in [-0.25, -0.2) is 0 Å². The first kappa shape index (κ1) is 13.1. The third kappa shape index (κ3) is 2.82. The molecule has 2 heterocycles. The molecule has 2 aromatic rings. The van der Waals surface area contributed by atoms with Crippen LogP contribution in [0.1, 0.15) is 36.4 Å². The molecule has 3 rings (SSSR count). The molecule has 0 spiro atoms. The number of fused-ring (bicyclic) bond motifs is 1. The van der Waals surface area contributed by atoms with E-state index in [0.717, 1.165) is 38.2 Å². The van der Waals surface area contributed by atoms with Crippen LogP contribution >= 0.6 is 0 Å². The van der Waals surface area contributed by atoms with Crippen molar-refractivity contribution in [2.45, 2.75) is 32.2 Å². The van der Waals surface area contributed by atoms with Crippen LogP contribution in [0.3, 0.4) is 0 Å². The SMILES string of the molecule is CCC(NCCc1ncno1)c1ccc2c(c1)CCO2. The summed E-state index contributed by atoms with van der Waals surface area (Å²) in [5, 5.41) is 7.16. The standard InChI is InChI=1S/C15H19N3O2/c1-2-13(16-7-5-15-17-10-18-20-15)11-3-4-14-12(9-11)6-8-19-14/h3-4,9-10,13,16H,2,5-8H2,1H3. The number of aromatic nitrogens is 2. The van der Waals surface area contributed by atoms with E-state index in [1.807, 2.05) is 0 Å². The fourth-order valence-corrected chi connectivity index (χ4v) is 2.58. The van der Waals surface area contributed by atoms with Gasteiger partial charge in [-0.1, -0.05) is 24.2 Å². The van der Waals surface area contributed by atoms with E-state index >= 15 is 0 Å². The first-order chi connectivity index (χ1) is 9.86. The van der Waals surface area contributed by atoms with Gasteiger partial charge >= 0.3 is 0 Å². The zero-order valence-corrected chi connectivity index (χ0v) is 11.6. The Bertz CT molecular complexity index is 554. The Morgan fingerprint density at radius 2 is 2.35 bits per heavy atom. The molecule has 5 nitrogen and oxygen atoms in total. The zero-order chi connectivity index (χ0) is 13.8. The summed E-state index contributed by atoms with van der Waals surface area (Å²) in [6.07, 6.45) is 4.25. The van der Waals surface area contributed by atoms with Crippen molar-refractivity contribution in [2.75, 3.05) is 13.2 Å². The van der Waals surface area contributed by atoms with Gasteiger partial charge in [-0.2, -0.15) is 4.98 Å². The summed E-state index contributed by atoms with van der Waals surface area (Å²) in [5.41, 5.74) is 2.64. The fourth-order valence-electron chi connectivity index (χ4n) is 2.58. The molecule has 1 aliphatic heterocycles. The molecular formula is C15H19N3O2. The van der Waals surface area contributed by atoms with Gasteiger partial charge in [0, 0.05) is 25.4 Å². The zero-order valence-electron chi connectivity index (χ0n) is 11.6. The predicted molar refractivity (Wildman–Crippen MR) is 74.7 cm³/mol. The van der Waals surface area contributed by atoms with Gasteiger partial charge in [0.25, 0.3) is 0 Å². The maximum atomic E-state index is 5.55. The minimum absolute atomic E-state index is 0.351. The van der Waals surface area contributed by atoms with Gasteiger partial charge < -0.3 is 14.6 Å². The minimum Gasteiger partial charge on any atom is -0.493 e. The molecule has 1 N–H and O–H groups in total. The molecule has 0 fully saturated rings. The van der Waals surface area contributed by atoms with E-state index in [-0.39, 0.29) is 0 Å². The average Bonchev–Trinajstić information content (AvgIpc) is 3.13. The normalized spacial score (nSPS) is 14.8. The van der Waals surface area contributed by atoms with Gasteiger partial charge in [-0.15, -0.1) is 0 Å². The quantitative estimate of drug-likeness (QED) is 0.875. The van der Waals surface area contributed by atoms with Crippen molar-refractivity contribution in [1.29, 1.82) is 0 Å². The second-order valence-corrected chi connectivity index (χ2v) is 4.97. The van der Waals surface area contributed by atoms with Gasteiger partial charge in [0.15, 0.2) is 6.33 Å². The summed E-state index contributed by atoms with van der Waals surface area (Å²) in [6.45, 7) is 3.82. The summed E-state index contributed by atoms with van der Waals surface area (Å²) < 4.78 is 10.5. The highest BCUT2D eigenvalue weighted by Crippen LogP contribution is 2.29. The number of nitrogens with zero attached hydrogens (tertiary/aromatic N) is 2. The van der Waals surface area contributed by atoms with E-state index < -0.39 is 0 Å². The van der Waals surface area contributed by atoms with Crippen LogP contribution < -0.4 is 10.1 Å². The molecule has 0 saturated carbocycles. The highest BCUT2D eigenvalue weighted by atomic mass is 16.5. The van der Waals surface area contributed by atoms with Crippen LogP contribution in [0.25, 0.3) is 0 Å².